The van der Waals surface area contributed by atoms with E-state index in [9.17, 15) is 13.2 Å². The van der Waals surface area contributed by atoms with Crippen LogP contribution in [0.3, 0.4) is 0 Å². The van der Waals surface area contributed by atoms with Gasteiger partial charge in [0.2, 0.25) is 5.91 Å². The van der Waals surface area contributed by atoms with Crippen molar-refractivity contribution in [3.05, 3.63) is 53.3 Å². The molecule has 1 aliphatic rings. The summed E-state index contributed by atoms with van der Waals surface area (Å²) in [4.78, 5) is 21.3. The first-order valence-corrected chi connectivity index (χ1v) is 12.7. The van der Waals surface area contributed by atoms with Crippen LogP contribution in [0, 0.1) is 5.92 Å². The number of rotatable bonds is 6. The van der Waals surface area contributed by atoms with Crippen molar-refractivity contribution in [2.45, 2.75) is 25.3 Å². The zero-order chi connectivity index (χ0) is 23.8. The van der Waals surface area contributed by atoms with E-state index in [1.54, 1.807) is 24.3 Å². The van der Waals surface area contributed by atoms with Crippen molar-refractivity contribution in [2.24, 2.45) is 13.0 Å². The highest BCUT2D eigenvalue weighted by molar-refractivity contribution is 7.92. The fraction of sp³-hybridized carbons (Fsp3) is 0.391. The Balaban J connectivity index is 1.47. The molecule has 10 heteroatoms. The van der Waals surface area contributed by atoms with Gasteiger partial charge in [0.15, 0.2) is 0 Å². The maximum absolute atomic E-state index is 12.7. The summed E-state index contributed by atoms with van der Waals surface area (Å²) in [6, 6.07) is 11.4. The monoisotopic (exact) mass is 489 g/mol. The number of carbonyl (C=O) groups is 1. The number of hydrogen-bond donors (Lipinski definition) is 1. The number of amides is 1. The number of aromatic nitrogens is 2. The van der Waals surface area contributed by atoms with E-state index in [0.717, 1.165) is 43.0 Å². The van der Waals surface area contributed by atoms with Crippen molar-refractivity contribution < 1.29 is 13.2 Å². The fourth-order valence-electron chi connectivity index (χ4n) is 3.97. The van der Waals surface area contributed by atoms with Crippen molar-refractivity contribution in [1.82, 2.24) is 19.4 Å². The normalized spacial score (nSPS) is 15.4. The molecule has 1 N–H and O–H groups in total. The highest BCUT2D eigenvalue weighted by atomic mass is 35.5. The zero-order valence-corrected chi connectivity index (χ0v) is 20.5. The lowest BCUT2D eigenvalue weighted by molar-refractivity contribution is -0.136. The van der Waals surface area contributed by atoms with Crippen LogP contribution in [0.5, 0.6) is 0 Å². The quantitative estimate of drug-likeness (QED) is 0.574. The number of nitrogens with zero attached hydrogens (tertiary/aromatic N) is 4. The number of imidazole rings is 1. The second kappa shape index (κ2) is 9.32. The Bertz CT molecular complexity index is 1260. The first kappa shape index (κ1) is 23.5. The van der Waals surface area contributed by atoms with Gasteiger partial charge in [0.1, 0.15) is 5.82 Å². The van der Waals surface area contributed by atoms with Gasteiger partial charge in [-0.25, -0.2) is 13.4 Å². The summed E-state index contributed by atoms with van der Waals surface area (Å²) in [5.74, 6) is 1.11. The van der Waals surface area contributed by atoms with E-state index in [1.165, 1.54) is 12.1 Å². The van der Waals surface area contributed by atoms with E-state index in [2.05, 4.69) is 9.62 Å². The largest absolute Gasteiger partial charge is 0.340 e. The van der Waals surface area contributed by atoms with Crippen molar-refractivity contribution >= 4 is 44.3 Å². The topological polar surface area (TPSA) is 87.5 Å². The molecule has 0 aliphatic carbocycles. The van der Waals surface area contributed by atoms with Gasteiger partial charge < -0.3 is 9.47 Å². The minimum atomic E-state index is -3.73. The Hall–Kier alpha value is -2.62. The molecule has 0 atom stereocenters. The third kappa shape index (κ3) is 5.15. The minimum absolute atomic E-state index is 0.0164. The molecular formula is C23H28ClN5O3S. The smallest absolute Gasteiger partial charge is 0.261 e. The van der Waals surface area contributed by atoms with Crippen LogP contribution >= 0.6 is 11.6 Å². The van der Waals surface area contributed by atoms with Gasteiger partial charge in [-0.05, 0) is 42.5 Å². The minimum Gasteiger partial charge on any atom is -0.340 e. The van der Waals surface area contributed by atoms with Crippen LogP contribution in [0.1, 0.15) is 19.7 Å². The number of sulfonamides is 1. The average Bonchev–Trinajstić information content (AvgIpc) is 3.08. The van der Waals surface area contributed by atoms with E-state index in [4.69, 9.17) is 16.6 Å². The van der Waals surface area contributed by atoms with Gasteiger partial charge in [-0.1, -0.05) is 25.4 Å². The summed E-state index contributed by atoms with van der Waals surface area (Å²) in [5, 5.41) is 0.476. The van der Waals surface area contributed by atoms with E-state index < -0.39 is 10.0 Å². The van der Waals surface area contributed by atoms with Crippen LogP contribution in [0.15, 0.2) is 47.4 Å². The van der Waals surface area contributed by atoms with E-state index in [0.29, 0.717) is 17.3 Å². The fourth-order valence-corrected chi connectivity index (χ4v) is 5.15. The van der Waals surface area contributed by atoms with Gasteiger partial charge in [-0.2, -0.15) is 0 Å². The zero-order valence-electron chi connectivity index (χ0n) is 19.0. The molecular weight excluding hydrogens is 462 g/mol. The molecule has 1 aromatic heterocycles. The SMILES string of the molecule is CC(C)C(=O)N1CCN(Cc2nc3cc(NS(=O)(=O)c4ccc(Cl)cc4)ccc3n2C)CC1. The third-order valence-electron chi connectivity index (χ3n) is 5.89. The molecule has 3 aromatic rings. The number of carbonyl (C=O) groups excluding carboxylic acids is 1. The number of benzene rings is 2. The number of fused-ring (bicyclic) bond motifs is 1. The molecule has 176 valence electrons. The number of aryl methyl sites for hydroxylation is 1. The number of nitrogens with one attached hydrogen (secondary N) is 1. The second-order valence-corrected chi connectivity index (χ2v) is 10.7. The first-order chi connectivity index (χ1) is 15.6. The van der Waals surface area contributed by atoms with Crippen LogP contribution in [-0.4, -0.2) is 59.9 Å². The number of piperazine rings is 1. The summed E-state index contributed by atoms with van der Waals surface area (Å²) < 4.78 is 30.0. The predicted molar refractivity (Wildman–Crippen MR) is 130 cm³/mol. The van der Waals surface area contributed by atoms with Crippen LogP contribution < -0.4 is 4.72 Å². The lowest BCUT2D eigenvalue weighted by atomic mass is 10.1. The molecule has 0 radical (unpaired) electrons. The Kier molecular flexibility index (Phi) is 6.65. The maximum Gasteiger partial charge on any atom is 0.261 e. The molecule has 1 aliphatic heterocycles. The molecule has 0 spiro atoms. The molecule has 0 bridgehead atoms. The summed E-state index contributed by atoms with van der Waals surface area (Å²) in [5.41, 5.74) is 2.09. The Labute approximate surface area is 199 Å². The molecule has 4 rings (SSSR count). The van der Waals surface area contributed by atoms with Crippen LogP contribution in [0.2, 0.25) is 5.02 Å². The lowest BCUT2D eigenvalue weighted by Crippen LogP contribution is -2.49. The van der Waals surface area contributed by atoms with Crippen molar-refractivity contribution in [1.29, 1.82) is 0 Å². The molecule has 1 fully saturated rings. The van der Waals surface area contributed by atoms with Crippen molar-refractivity contribution in [2.75, 3.05) is 30.9 Å². The standard InChI is InChI=1S/C23H28ClN5O3S/c1-16(2)23(30)29-12-10-28(11-13-29)15-22-25-20-14-18(6-9-21(20)27(22)3)26-33(31,32)19-7-4-17(24)5-8-19/h4-9,14,16,26H,10-13,15H2,1-3H3. The summed E-state index contributed by atoms with van der Waals surface area (Å²) in [6.07, 6.45) is 0. The summed E-state index contributed by atoms with van der Waals surface area (Å²) in [6.45, 7) is 7.56. The Morgan fingerprint density at radius 1 is 1.09 bits per heavy atom. The molecule has 33 heavy (non-hydrogen) atoms. The number of halogens is 1. The Morgan fingerprint density at radius 2 is 1.76 bits per heavy atom. The molecule has 2 aromatic carbocycles. The molecule has 0 saturated carbocycles. The van der Waals surface area contributed by atoms with Gasteiger partial charge in [0, 0.05) is 44.2 Å². The van der Waals surface area contributed by atoms with Crippen LogP contribution in [0.4, 0.5) is 5.69 Å². The maximum atomic E-state index is 12.7. The van der Waals surface area contributed by atoms with E-state index >= 15 is 0 Å². The lowest BCUT2D eigenvalue weighted by Gasteiger charge is -2.35. The van der Waals surface area contributed by atoms with Gasteiger partial charge in [-0.15, -0.1) is 0 Å². The highest BCUT2D eigenvalue weighted by Crippen LogP contribution is 2.24. The molecule has 1 amide bonds. The predicted octanol–water partition coefficient (Wildman–Crippen LogP) is 3.33. The Morgan fingerprint density at radius 3 is 2.39 bits per heavy atom. The summed E-state index contributed by atoms with van der Waals surface area (Å²) >= 11 is 5.86. The molecule has 2 heterocycles. The number of hydrogen-bond acceptors (Lipinski definition) is 5. The van der Waals surface area contributed by atoms with Crippen LogP contribution in [-0.2, 0) is 28.4 Å². The van der Waals surface area contributed by atoms with E-state index in [-0.39, 0.29) is 16.7 Å². The summed E-state index contributed by atoms with van der Waals surface area (Å²) in [7, 11) is -1.77. The van der Waals surface area contributed by atoms with Crippen molar-refractivity contribution in [3.8, 4) is 0 Å². The highest BCUT2D eigenvalue weighted by Gasteiger charge is 2.24. The van der Waals surface area contributed by atoms with Gasteiger partial charge in [-0.3, -0.25) is 14.4 Å². The van der Waals surface area contributed by atoms with Gasteiger partial charge in [0.25, 0.3) is 10.0 Å². The average molecular weight is 490 g/mol. The first-order valence-electron chi connectivity index (χ1n) is 10.9. The van der Waals surface area contributed by atoms with Crippen LogP contribution in [0.25, 0.3) is 11.0 Å². The number of anilines is 1. The van der Waals surface area contributed by atoms with Gasteiger partial charge >= 0.3 is 0 Å². The third-order valence-corrected chi connectivity index (χ3v) is 7.54. The molecule has 0 unspecified atom stereocenters. The molecule has 1 saturated heterocycles. The molecule has 8 nitrogen and oxygen atoms in total. The van der Waals surface area contributed by atoms with Crippen molar-refractivity contribution in [3.63, 3.8) is 0 Å². The second-order valence-electron chi connectivity index (χ2n) is 8.61. The van der Waals surface area contributed by atoms with Gasteiger partial charge in [0.05, 0.1) is 28.2 Å². The van der Waals surface area contributed by atoms with E-state index in [1.807, 2.05) is 36.4 Å².